The van der Waals surface area contributed by atoms with Gasteiger partial charge in [0, 0.05) is 37.3 Å². The predicted octanol–water partition coefficient (Wildman–Crippen LogP) is 1.82. The van der Waals surface area contributed by atoms with Crippen molar-refractivity contribution in [1.29, 1.82) is 0 Å². The molecule has 2 aromatic heterocycles. The molecular formula is C17H15BrN2O4. The highest BCUT2D eigenvalue weighted by molar-refractivity contribution is 9.10. The van der Waals surface area contributed by atoms with Gasteiger partial charge in [-0.15, -0.1) is 0 Å². The molecule has 4 rings (SSSR count). The highest BCUT2D eigenvalue weighted by atomic mass is 79.9. The number of halogens is 1. The SMILES string of the molecule is O=C(c1coc(=O)c(Br)c1)N1CC2C[C@@H](C1)c1cccc(=O)n1C2. The monoisotopic (exact) mass is 390 g/mol. The second-order valence-electron chi connectivity index (χ2n) is 6.38. The molecule has 4 heterocycles. The molecule has 0 N–H and O–H groups in total. The van der Waals surface area contributed by atoms with E-state index in [2.05, 4.69) is 15.9 Å². The van der Waals surface area contributed by atoms with Crippen molar-refractivity contribution in [3.05, 3.63) is 67.0 Å². The fourth-order valence-corrected chi connectivity index (χ4v) is 4.10. The molecule has 0 aliphatic carbocycles. The largest absolute Gasteiger partial charge is 0.430 e. The van der Waals surface area contributed by atoms with E-state index in [1.165, 1.54) is 12.3 Å². The van der Waals surface area contributed by atoms with Gasteiger partial charge in [0.25, 0.3) is 11.5 Å². The van der Waals surface area contributed by atoms with E-state index >= 15 is 0 Å². The van der Waals surface area contributed by atoms with Crippen molar-refractivity contribution >= 4 is 21.8 Å². The van der Waals surface area contributed by atoms with Gasteiger partial charge in [0.2, 0.25) is 0 Å². The van der Waals surface area contributed by atoms with Gasteiger partial charge in [0.1, 0.15) is 10.7 Å². The number of aromatic nitrogens is 1. The zero-order valence-electron chi connectivity index (χ0n) is 12.8. The van der Waals surface area contributed by atoms with Crippen LogP contribution in [0, 0.1) is 5.92 Å². The fourth-order valence-electron chi connectivity index (χ4n) is 3.76. The lowest BCUT2D eigenvalue weighted by molar-refractivity contribution is 0.0592. The minimum absolute atomic E-state index is 0.0238. The standard InChI is InChI=1S/C17H15BrN2O4/c18-13-5-12(9-24-17(13)23)16(22)19-6-10-4-11(8-19)14-2-1-3-15(21)20(14)7-10/h1-3,5,9-11H,4,6-8H2/t10?,11-/m0/s1. The summed E-state index contributed by atoms with van der Waals surface area (Å²) in [5, 5.41) is 0. The summed E-state index contributed by atoms with van der Waals surface area (Å²) < 4.78 is 6.94. The first kappa shape index (κ1) is 15.4. The molecule has 6 nitrogen and oxygen atoms in total. The van der Waals surface area contributed by atoms with Crippen molar-refractivity contribution in [2.45, 2.75) is 18.9 Å². The summed E-state index contributed by atoms with van der Waals surface area (Å²) in [4.78, 5) is 37.9. The quantitative estimate of drug-likeness (QED) is 0.744. The summed E-state index contributed by atoms with van der Waals surface area (Å²) in [6.07, 6.45) is 2.19. The molecular weight excluding hydrogens is 376 g/mol. The number of amides is 1. The molecule has 2 aliphatic rings. The molecule has 1 fully saturated rings. The summed E-state index contributed by atoms with van der Waals surface area (Å²) in [5.41, 5.74) is 0.870. The first-order chi connectivity index (χ1) is 11.5. The number of fused-ring (bicyclic) bond motifs is 4. The molecule has 2 bridgehead atoms. The lowest BCUT2D eigenvalue weighted by atomic mass is 9.83. The Labute approximate surface area is 145 Å². The second kappa shape index (κ2) is 5.73. The molecule has 2 aromatic rings. The second-order valence-corrected chi connectivity index (χ2v) is 7.23. The van der Waals surface area contributed by atoms with Crippen molar-refractivity contribution < 1.29 is 9.21 Å². The summed E-state index contributed by atoms with van der Waals surface area (Å²) in [7, 11) is 0. The molecule has 124 valence electrons. The van der Waals surface area contributed by atoms with E-state index in [9.17, 15) is 14.4 Å². The van der Waals surface area contributed by atoms with Crippen LogP contribution in [0.2, 0.25) is 0 Å². The van der Waals surface area contributed by atoms with Crippen LogP contribution in [0.15, 0.2) is 49.0 Å². The van der Waals surface area contributed by atoms with Gasteiger partial charge in [-0.1, -0.05) is 6.07 Å². The number of nitrogens with zero attached hydrogens (tertiary/aromatic N) is 2. The summed E-state index contributed by atoms with van der Waals surface area (Å²) in [6, 6.07) is 6.82. The topological polar surface area (TPSA) is 72.5 Å². The Morgan fingerprint density at radius 2 is 2.04 bits per heavy atom. The number of piperidine rings is 1. The molecule has 24 heavy (non-hydrogen) atoms. The van der Waals surface area contributed by atoms with E-state index < -0.39 is 5.63 Å². The third-order valence-corrected chi connectivity index (χ3v) is 5.34. The first-order valence-corrected chi connectivity index (χ1v) is 8.59. The molecule has 2 atom stereocenters. The zero-order chi connectivity index (χ0) is 16.8. The molecule has 0 aromatic carbocycles. The number of carbonyl (C=O) groups is 1. The van der Waals surface area contributed by atoms with Crippen LogP contribution in [0.4, 0.5) is 0 Å². The Bertz CT molecular complexity index is 933. The highest BCUT2D eigenvalue weighted by Gasteiger charge is 2.36. The van der Waals surface area contributed by atoms with Crippen LogP contribution in [0.5, 0.6) is 0 Å². The third-order valence-electron chi connectivity index (χ3n) is 4.78. The van der Waals surface area contributed by atoms with Gasteiger partial charge in [-0.25, -0.2) is 4.79 Å². The maximum absolute atomic E-state index is 12.7. The fraction of sp³-hybridized carbons (Fsp3) is 0.353. The minimum atomic E-state index is -0.504. The number of rotatable bonds is 1. The van der Waals surface area contributed by atoms with Crippen molar-refractivity contribution in [3.8, 4) is 0 Å². The van der Waals surface area contributed by atoms with E-state index in [1.54, 1.807) is 17.0 Å². The normalized spacial score (nSPS) is 22.1. The molecule has 0 saturated carbocycles. The van der Waals surface area contributed by atoms with E-state index in [1.807, 2.05) is 10.6 Å². The number of carbonyl (C=O) groups excluding carboxylic acids is 1. The van der Waals surface area contributed by atoms with Gasteiger partial charge in [0.05, 0.1) is 5.56 Å². The van der Waals surface area contributed by atoms with E-state index in [0.29, 0.717) is 25.2 Å². The van der Waals surface area contributed by atoms with Gasteiger partial charge in [-0.3, -0.25) is 9.59 Å². The Balaban J connectivity index is 1.64. The zero-order valence-corrected chi connectivity index (χ0v) is 14.4. The van der Waals surface area contributed by atoms with Gasteiger partial charge < -0.3 is 13.9 Å². The minimum Gasteiger partial charge on any atom is -0.430 e. The van der Waals surface area contributed by atoms with E-state index in [-0.39, 0.29) is 27.8 Å². The maximum Gasteiger partial charge on any atom is 0.350 e. The van der Waals surface area contributed by atoms with Crippen LogP contribution in [0.1, 0.15) is 28.4 Å². The summed E-state index contributed by atoms with van der Waals surface area (Å²) in [5.74, 6) is 0.273. The average molecular weight is 391 g/mol. The van der Waals surface area contributed by atoms with Crippen LogP contribution >= 0.6 is 15.9 Å². The smallest absolute Gasteiger partial charge is 0.350 e. The van der Waals surface area contributed by atoms with Crippen LogP contribution < -0.4 is 11.2 Å². The predicted molar refractivity (Wildman–Crippen MR) is 90.1 cm³/mol. The van der Waals surface area contributed by atoms with Crippen LogP contribution in [-0.4, -0.2) is 28.5 Å². The van der Waals surface area contributed by atoms with Crippen LogP contribution in [0.3, 0.4) is 0 Å². The summed E-state index contributed by atoms with van der Waals surface area (Å²) >= 11 is 3.10. The van der Waals surface area contributed by atoms with Crippen molar-refractivity contribution in [1.82, 2.24) is 9.47 Å². The Hall–Kier alpha value is -2.15. The van der Waals surface area contributed by atoms with E-state index in [0.717, 1.165) is 12.1 Å². The highest BCUT2D eigenvalue weighted by Crippen LogP contribution is 2.35. The first-order valence-electron chi connectivity index (χ1n) is 7.80. The Morgan fingerprint density at radius 1 is 1.21 bits per heavy atom. The van der Waals surface area contributed by atoms with Gasteiger partial charge >= 0.3 is 5.63 Å². The lowest BCUT2D eigenvalue weighted by Gasteiger charge is -2.42. The van der Waals surface area contributed by atoms with Crippen LogP contribution in [-0.2, 0) is 6.54 Å². The Morgan fingerprint density at radius 3 is 2.83 bits per heavy atom. The van der Waals surface area contributed by atoms with E-state index in [4.69, 9.17) is 4.42 Å². The maximum atomic E-state index is 12.7. The lowest BCUT2D eigenvalue weighted by Crippen LogP contribution is -2.49. The molecule has 1 unspecified atom stereocenters. The molecule has 1 amide bonds. The number of hydrogen-bond donors (Lipinski definition) is 0. The molecule has 7 heteroatoms. The molecule has 0 spiro atoms. The van der Waals surface area contributed by atoms with Gasteiger partial charge in [0.15, 0.2) is 0 Å². The molecule has 2 aliphatic heterocycles. The summed E-state index contributed by atoms with van der Waals surface area (Å²) in [6.45, 7) is 1.81. The molecule has 1 saturated heterocycles. The van der Waals surface area contributed by atoms with Crippen LogP contribution in [0.25, 0.3) is 0 Å². The van der Waals surface area contributed by atoms with Gasteiger partial charge in [-0.05, 0) is 40.4 Å². The van der Waals surface area contributed by atoms with Gasteiger partial charge in [-0.2, -0.15) is 0 Å². The van der Waals surface area contributed by atoms with Crippen molar-refractivity contribution in [2.75, 3.05) is 13.1 Å². The number of pyridine rings is 1. The average Bonchev–Trinajstić information content (AvgIpc) is 2.57. The Kier molecular flexibility index (Phi) is 3.68. The number of likely N-dealkylation sites (tertiary alicyclic amines) is 1. The van der Waals surface area contributed by atoms with Crippen molar-refractivity contribution in [3.63, 3.8) is 0 Å². The number of hydrogen-bond acceptors (Lipinski definition) is 4. The third kappa shape index (κ3) is 2.53. The van der Waals surface area contributed by atoms with Crippen molar-refractivity contribution in [2.24, 2.45) is 5.92 Å². The molecule has 0 radical (unpaired) electrons.